The molecule has 0 unspecified atom stereocenters. The van der Waals surface area contributed by atoms with Crippen molar-refractivity contribution in [3.8, 4) is 0 Å². The summed E-state index contributed by atoms with van der Waals surface area (Å²) in [4.78, 5) is 26.2. The van der Waals surface area contributed by atoms with E-state index in [4.69, 9.17) is 11.6 Å². The van der Waals surface area contributed by atoms with Gasteiger partial charge in [0.1, 0.15) is 5.56 Å². The summed E-state index contributed by atoms with van der Waals surface area (Å²) < 4.78 is 0. The van der Waals surface area contributed by atoms with Crippen LogP contribution in [0.5, 0.6) is 0 Å². The van der Waals surface area contributed by atoms with Crippen molar-refractivity contribution < 1.29 is 4.79 Å². The molecule has 1 amide bonds. The number of aromatic amines is 1. The zero-order valence-electron chi connectivity index (χ0n) is 10.2. The van der Waals surface area contributed by atoms with Crippen molar-refractivity contribution in [2.75, 3.05) is 12.4 Å². The normalized spacial score (nSPS) is 17.6. The first-order chi connectivity index (χ1) is 8.67. The molecule has 98 valence electrons. The highest BCUT2D eigenvalue weighted by Gasteiger charge is 2.33. The van der Waals surface area contributed by atoms with Crippen LogP contribution in [-0.4, -0.2) is 23.3 Å². The molecule has 0 spiro atoms. The molecule has 1 aromatic heterocycles. The van der Waals surface area contributed by atoms with Gasteiger partial charge in [-0.05, 0) is 12.8 Å². The summed E-state index contributed by atoms with van der Waals surface area (Å²) >= 11 is 6.01. The number of rotatable bonds is 4. The lowest BCUT2D eigenvalue weighted by molar-refractivity contribution is 0.0933. The molecule has 5 heteroatoms. The van der Waals surface area contributed by atoms with Crippen LogP contribution in [0.15, 0.2) is 23.3 Å². The molecule has 18 heavy (non-hydrogen) atoms. The van der Waals surface area contributed by atoms with E-state index in [0.717, 1.165) is 25.7 Å². The van der Waals surface area contributed by atoms with E-state index in [2.05, 4.69) is 10.3 Å². The van der Waals surface area contributed by atoms with Crippen LogP contribution in [0.3, 0.4) is 0 Å². The van der Waals surface area contributed by atoms with E-state index in [-0.39, 0.29) is 22.3 Å². The first kappa shape index (κ1) is 13.1. The van der Waals surface area contributed by atoms with Gasteiger partial charge in [-0.1, -0.05) is 12.8 Å². The Balaban J connectivity index is 2.00. The minimum atomic E-state index is -0.326. The van der Waals surface area contributed by atoms with Crippen LogP contribution >= 0.6 is 11.6 Å². The van der Waals surface area contributed by atoms with Crippen LogP contribution in [0.4, 0.5) is 0 Å². The number of carbonyl (C=O) groups is 1. The van der Waals surface area contributed by atoms with Gasteiger partial charge in [0.05, 0.1) is 0 Å². The molecule has 1 saturated carbocycles. The molecule has 1 aliphatic rings. The van der Waals surface area contributed by atoms with E-state index in [9.17, 15) is 9.59 Å². The maximum absolute atomic E-state index is 11.9. The van der Waals surface area contributed by atoms with E-state index in [1.165, 1.54) is 18.5 Å². The van der Waals surface area contributed by atoms with Gasteiger partial charge in [0.25, 0.3) is 5.91 Å². The third-order valence-corrected chi connectivity index (χ3v) is 4.21. The van der Waals surface area contributed by atoms with Crippen LogP contribution in [0.2, 0.25) is 0 Å². The largest absolute Gasteiger partial charge is 0.367 e. The topological polar surface area (TPSA) is 62.0 Å². The highest BCUT2D eigenvalue weighted by Crippen LogP contribution is 2.38. The molecule has 0 atom stereocenters. The SMILES string of the molecule is O=C(NCC1(CCl)CCCC1)c1c[nH]ccc1=O. The van der Waals surface area contributed by atoms with Crippen LogP contribution in [-0.2, 0) is 0 Å². The lowest BCUT2D eigenvalue weighted by Crippen LogP contribution is -2.38. The zero-order valence-corrected chi connectivity index (χ0v) is 10.9. The van der Waals surface area contributed by atoms with Gasteiger partial charge >= 0.3 is 0 Å². The van der Waals surface area contributed by atoms with Crippen molar-refractivity contribution in [2.45, 2.75) is 25.7 Å². The number of amides is 1. The van der Waals surface area contributed by atoms with Crippen molar-refractivity contribution in [1.29, 1.82) is 0 Å². The minimum absolute atomic E-state index is 0.0127. The molecule has 0 bridgehead atoms. The van der Waals surface area contributed by atoms with Gasteiger partial charge in [0.15, 0.2) is 5.43 Å². The summed E-state index contributed by atoms with van der Waals surface area (Å²) in [5, 5.41) is 2.83. The summed E-state index contributed by atoms with van der Waals surface area (Å²) in [7, 11) is 0. The predicted molar refractivity (Wildman–Crippen MR) is 71.0 cm³/mol. The van der Waals surface area contributed by atoms with Crippen LogP contribution < -0.4 is 10.7 Å². The third-order valence-electron chi connectivity index (χ3n) is 3.64. The lowest BCUT2D eigenvalue weighted by Gasteiger charge is -2.26. The number of carbonyl (C=O) groups excluding carboxylic acids is 1. The van der Waals surface area contributed by atoms with Gasteiger partial charge in [-0.3, -0.25) is 9.59 Å². The quantitative estimate of drug-likeness (QED) is 0.820. The smallest absolute Gasteiger partial charge is 0.256 e. The van der Waals surface area contributed by atoms with E-state index in [0.29, 0.717) is 12.4 Å². The van der Waals surface area contributed by atoms with Crippen molar-refractivity contribution >= 4 is 17.5 Å². The molecule has 2 rings (SSSR count). The van der Waals surface area contributed by atoms with Crippen molar-refractivity contribution in [3.63, 3.8) is 0 Å². The van der Waals surface area contributed by atoms with E-state index in [1.807, 2.05) is 0 Å². The van der Waals surface area contributed by atoms with Crippen LogP contribution in [0.1, 0.15) is 36.0 Å². The Morgan fingerprint density at radius 1 is 1.44 bits per heavy atom. The maximum Gasteiger partial charge on any atom is 0.256 e. The molecule has 0 saturated heterocycles. The summed E-state index contributed by atoms with van der Waals surface area (Å²) in [5.41, 5.74) is -0.100. The summed E-state index contributed by atoms with van der Waals surface area (Å²) in [5.74, 6) is 0.228. The molecule has 0 aromatic carbocycles. The fourth-order valence-electron chi connectivity index (χ4n) is 2.44. The van der Waals surface area contributed by atoms with Gasteiger partial charge in [0.2, 0.25) is 0 Å². The lowest BCUT2D eigenvalue weighted by atomic mass is 9.88. The molecule has 1 aliphatic carbocycles. The molecule has 1 aromatic rings. The first-order valence-electron chi connectivity index (χ1n) is 6.18. The Hall–Kier alpha value is -1.29. The number of halogens is 1. The number of aromatic nitrogens is 1. The van der Waals surface area contributed by atoms with E-state index >= 15 is 0 Å². The number of nitrogens with one attached hydrogen (secondary N) is 2. The Kier molecular flexibility index (Phi) is 4.07. The second kappa shape index (κ2) is 5.57. The molecule has 4 nitrogen and oxygen atoms in total. The Labute approximate surface area is 111 Å². The number of hydrogen-bond acceptors (Lipinski definition) is 2. The minimum Gasteiger partial charge on any atom is -0.367 e. The Bertz CT molecular complexity index is 478. The highest BCUT2D eigenvalue weighted by molar-refractivity contribution is 6.18. The standard InChI is InChI=1S/C13H17ClN2O2/c14-8-13(4-1-2-5-13)9-16-12(18)10-7-15-6-3-11(10)17/h3,6-7H,1-2,4-5,8-9H2,(H,15,17)(H,16,18). The van der Waals surface area contributed by atoms with Gasteiger partial charge in [0, 0.05) is 36.3 Å². The molecule has 2 N–H and O–H groups in total. The summed E-state index contributed by atoms with van der Waals surface area (Å²) in [6.07, 6.45) is 7.35. The second-order valence-corrected chi connectivity index (χ2v) is 5.21. The van der Waals surface area contributed by atoms with Crippen LogP contribution in [0, 0.1) is 5.41 Å². The molecule has 0 radical (unpaired) electrons. The highest BCUT2D eigenvalue weighted by atomic mass is 35.5. The monoisotopic (exact) mass is 268 g/mol. The number of alkyl halides is 1. The number of hydrogen-bond donors (Lipinski definition) is 2. The van der Waals surface area contributed by atoms with Crippen molar-refractivity contribution in [2.24, 2.45) is 5.41 Å². The van der Waals surface area contributed by atoms with Gasteiger partial charge < -0.3 is 10.3 Å². The van der Waals surface area contributed by atoms with Crippen molar-refractivity contribution in [1.82, 2.24) is 10.3 Å². The third kappa shape index (κ3) is 2.75. The number of H-pyrrole nitrogens is 1. The zero-order chi connectivity index (χ0) is 13.0. The average molecular weight is 269 g/mol. The molecule has 1 heterocycles. The van der Waals surface area contributed by atoms with E-state index < -0.39 is 0 Å². The fraction of sp³-hybridized carbons (Fsp3) is 0.538. The van der Waals surface area contributed by atoms with Gasteiger partial charge in [-0.15, -0.1) is 11.6 Å². The molecular weight excluding hydrogens is 252 g/mol. The van der Waals surface area contributed by atoms with Crippen molar-refractivity contribution in [3.05, 3.63) is 34.2 Å². The summed E-state index contributed by atoms with van der Waals surface area (Å²) in [6.45, 7) is 0.545. The fourth-order valence-corrected chi connectivity index (χ4v) is 2.80. The Morgan fingerprint density at radius 2 is 2.17 bits per heavy atom. The molecule has 0 aliphatic heterocycles. The van der Waals surface area contributed by atoms with Gasteiger partial charge in [-0.2, -0.15) is 0 Å². The average Bonchev–Trinajstić information content (AvgIpc) is 2.86. The number of pyridine rings is 1. The van der Waals surface area contributed by atoms with Crippen LogP contribution in [0.25, 0.3) is 0 Å². The molecule has 1 fully saturated rings. The van der Waals surface area contributed by atoms with Gasteiger partial charge in [-0.25, -0.2) is 0 Å². The Morgan fingerprint density at radius 3 is 2.78 bits per heavy atom. The summed E-state index contributed by atoms with van der Waals surface area (Å²) in [6, 6.07) is 1.35. The second-order valence-electron chi connectivity index (χ2n) is 4.95. The maximum atomic E-state index is 11.9. The first-order valence-corrected chi connectivity index (χ1v) is 6.72. The van der Waals surface area contributed by atoms with E-state index in [1.54, 1.807) is 0 Å². The predicted octanol–water partition coefficient (Wildman–Crippen LogP) is 1.90. The molecular formula is C13H17ClN2O2.